The van der Waals surface area contributed by atoms with E-state index < -0.39 is 5.60 Å². The number of oxime groups is 1. The predicted octanol–water partition coefficient (Wildman–Crippen LogP) is 6.53. The second kappa shape index (κ2) is 8.68. The molecule has 0 aromatic heterocycles. The molecule has 3 saturated carbocycles. The third kappa shape index (κ3) is 3.52. The van der Waals surface area contributed by atoms with E-state index in [0.717, 1.165) is 56.2 Å². The summed E-state index contributed by atoms with van der Waals surface area (Å²) in [5.74, 6) is 1.47. The first-order valence-corrected chi connectivity index (χ1v) is 14.1. The van der Waals surface area contributed by atoms with E-state index in [1.54, 1.807) is 6.92 Å². The number of carbonyl (C=O) groups excluding carboxylic acids is 2. The van der Waals surface area contributed by atoms with Crippen molar-refractivity contribution in [2.75, 3.05) is 0 Å². The van der Waals surface area contributed by atoms with Crippen molar-refractivity contribution in [3.05, 3.63) is 53.6 Å². The number of rotatable bonds is 4. The molecule has 37 heavy (non-hydrogen) atoms. The fourth-order valence-corrected chi connectivity index (χ4v) is 9.29. The molecule has 0 N–H and O–H groups in total. The molecule has 0 spiro atoms. The largest absolute Gasteiger partial charge is 0.462 e. The van der Waals surface area contributed by atoms with E-state index in [1.807, 2.05) is 18.2 Å². The first-order valence-electron chi connectivity index (χ1n) is 14.1. The number of hydrogen-bond acceptors (Lipinski definition) is 5. The first-order chi connectivity index (χ1) is 17.7. The molecule has 196 valence electrons. The number of nitrogens with zero attached hydrogens (tertiary/aromatic N) is 1. The van der Waals surface area contributed by atoms with Gasteiger partial charge in [0, 0.05) is 18.8 Å². The zero-order valence-electron chi connectivity index (χ0n) is 22.5. The molecule has 1 aromatic rings. The zero-order valence-corrected chi connectivity index (χ0v) is 22.5. The summed E-state index contributed by atoms with van der Waals surface area (Å²) in [6, 6.07) is 10.2. The highest BCUT2D eigenvalue weighted by Gasteiger charge is 2.73. The highest BCUT2D eigenvalue weighted by molar-refractivity contribution is 6.06. The van der Waals surface area contributed by atoms with Crippen molar-refractivity contribution in [2.45, 2.75) is 84.3 Å². The minimum Gasteiger partial charge on any atom is -0.462 e. The minimum atomic E-state index is -0.864. The van der Waals surface area contributed by atoms with E-state index >= 15 is 0 Å². The number of esters is 1. The average Bonchev–Trinajstić information content (AvgIpc) is 3.37. The lowest BCUT2D eigenvalue weighted by Crippen LogP contribution is -2.58. The van der Waals surface area contributed by atoms with Crippen molar-refractivity contribution in [3.63, 3.8) is 0 Å². The van der Waals surface area contributed by atoms with Crippen LogP contribution < -0.4 is 0 Å². The van der Waals surface area contributed by atoms with Gasteiger partial charge in [0.1, 0.15) is 6.10 Å². The molecule has 4 aliphatic carbocycles. The van der Waals surface area contributed by atoms with Gasteiger partial charge in [0.25, 0.3) is 0 Å². The Balaban J connectivity index is 1.30. The van der Waals surface area contributed by atoms with Crippen LogP contribution in [-0.2, 0) is 19.2 Å². The molecular formula is C32H39NO4. The molecule has 5 heteroatoms. The van der Waals surface area contributed by atoms with Crippen LogP contribution in [0.5, 0.6) is 0 Å². The summed E-state index contributed by atoms with van der Waals surface area (Å²) in [6.45, 7) is 7.98. The van der Waals surface area contributed by atoms with Crippen LogP contribution in [0.3, 0.4) is 0 Å². The fourth-order valence-electron chi connectivity index (χ4n) is 9.29. The van der Waals surface area contributed by atoms with Gasteiger partial charge in [-0.1, -0.05) is 67.1 Å². The summed E-state index contributed by atoms with van der Waals surface area (Å²) in [6.07, 6.45) is 13.6. The molecule has 8 atom stereocenters. The first kappa shape index (κ1) is 24.6. The van der Waals surface area contributed by atoms with Gasteiger partial charge in [0.2, 0.25) is 5.60 Å². The van der Waals surface area contributed by atoms with Crippen LogP contribution in [0.25, 0.3) is 6.08 Å². The summed E-state index contributed by atoms with van der Waals surface area (Å²) in [4.78, 5) is 31.3. The SMILES string of the molecule is CC(=O)O[C@H]1CC[C@@]2(C)C(=CCC3C2CC[C@@]2(C)C3C[C@H]3C(/C=C/c4ccccc4)=NO[C@]32C(C)=O)C1. The van der Waals surface area contributed by atoms with Crippen molar-refractivity contribution in [3.8, 4) is 0 Å². The maximum atomic E-state index is 13.4. The van der Waals surface area contributed by atoms with E-state index in [1.165, 1.54) is 12.5 Å². The maximum Gasteiger partial charge on any atom is 0.302 e. The Kier molecular flexibility index (Phi) is 5.78. The average molecular weight is 502 g/mol. The smallest absolute Gasteiger partial charge is 0.302 e. The molecule has 3 fully saturated rings. The molecule has 0 amide bonds. The van der Waals surface area contributed by atoms with E-state index in [0.29, 0.717) is 17.8 Å². The Morgan fingerprint density at radius 3 is 2.57 bits per heavy atom. The van der Waals surface area contributed by atoms with Gasteiger partial charge < -0.3 is 9.57 Å². The lowest BCUT2D eigenvalue weighted by molar-refractivity contribution is -0.174. The van der Waals surface area contributed by atoms with Crippen LogP contribution in [-0.4, -0.2) is 29.2 Å². The van der Waals surface area contributed by atoms with E-state index in [-0.39, 0.29) is 34.6 Å². The van der Waals surface area contributed by atoms with Crippen LogP contribution in [0.2, 0.25) is 0 Å². The summed E-state index contributed by atoms with van der Waals surface area (Å²) in [5, 5.41) is 4.54. The van der Waals surface area contributed by atoms with Crippen LogP contribution >= 0.6 is 0 Å². The lowest BCUT2D eigenvalue weighted by atomic mass is 9.46. The van der Waals surface area contributed by atoms with Crippen molar-refractivity contribution in [1.29, 1.82) is 0 Å². The number of Topliss-reactive ketones (excluding diaryl/α,β-unsaturated/α-hetero) is 1. The molecule has 1 aliphatic heterocycles. The van der Waals surface area contributed by atoms with E-state index in [2.05, 4.69) is 49.4 Å². The number of benzene rings is 1. The van der Waals surface area contributed by atoms with Crippen molar-refractivity contribution < 1.29 is 19.2 Å². The van der Waals surface area contributed by atoms with Gasteiger partial charge in [-0.3, -0.25) is 9.59 Å². The quantitative estimate of drug-likeness (QED) is 0.347. The van der Waals surface area contributed by atoms with Gasteiger partial charge in [0.15, 0.2) is 5.78 Å². The van der Waals surface area contributed by atoms with Crippen LogP contribution in [0.1, 0.15) is 78.2 Å². The standard InChI is InChI=1S/C32H39NO4/c1-20(34)32-28(29(33-37-32)13-10-22-8-6-5-7-9-22)19-27-25-12-11-23-18-24(36-21(2)35)14-16-30(23,3)26(25)15-17-31(27,32)4/h5-11,13,24-28H,12,14-19H2,1-4H3/b13-10+/t24-,25?,26?,27?,28-,30-,31-,32+/m0/s1. The van der Waals surface area contributed by atoms with Gasteiger partial charge in [-0.05, 0) is 80.3 Å². The summed E-state index contributed by atoms with van der Waals surface area (Å²) in [5.41, 5.74) is 2.57. The number of fused-ring (bicyclic) bond motifs is 7. The summed E-state index contributed by atoms with van der Waals surface area (Å²) < 4.78 is 5.61. The zero-order chi connectivity index (χ0) is 26.0. The Morgan fingerprint density at radius 2 is 1.84 bits per heavy atom. The number of carbonyl (C=O) groups is 2. The molecule has 5 aliphatic rings. The Labute approximate surface area is 220 Å². The number of ether oxygens (including phenoxy) is 1. The van der Waals surface area contributed by atoms with Crippen LogP contribution in [0, 0.1) is 34.5 Å². The molecule has 0 radical (unpaired) electrons. The third-order valence-corrected chi connectivity index (χ3v) is 11.0. The molecular weight excluding hydrogens is 462 g/mol. The Morgan fingerprint density at radius 1 is 1.05 bits per heavy atom. The fraction of sp³-hybridized carbons (Fsp3) is 0.594. The molecule has 1 aromatic carbocycles. The third-order valence-electron chi connectivity index (χ3n) is 11.0. The molecule has 3 unspecified atom stereocenters. The number of allylic oxidation sites excluding steroid dienone is 2. The maximum absolute atomic E-state index is 13.4. The van der Waals surface area contributed by atoms with Gasteiger partial charge >= 0.3 is 5.97 Å². The monoisotopic (exact) mass is 501 g/mol. The molecule has 0 bridgehead atoms. The molecule has 1 heterocycles. The lowest BCUT2D eigenvalue weighted by Gasteiger charge is -2.58. The highest BCUT2D eigenvalue weighted by Crippen LogP contribution is 2.70. The molecule has 6 rings (SSSR count). The predicted molar refractivity (Wildman–Crippen MR) is 144 cm³/mol. The van der Waals surface area contributed by atoms with Crippen molar-refractivity contribution in [2.24, 2.45) is 39.7 Å². The van der Waals surface area contributed by atoms with Crippen molar-refractivity contribution >= 4 is 23.5 Å². The highest BCUT2D eigenvalue weighted by atomic mass is 16.7. The minimum absolute atomic E-state index is 0.00315. The van der Waals surface area contributed by atoms with Gasteiger partial charge in [-0.15, -0.1) is 0 Å². The number of hydrogen-bond donors (Lipinski definition) is 0. The Hall–Kier alpha value is -2.69. The summed E-state index contributed by atoms with van der Waals surface area (Å²) >= 11 is 0. The second-order valence-corrected chi connectivity index (χ2v) is 12.6. The molecule has 0 saturated heterocycles. The van der Waals surface area contributed by atoms with Crippen LogP contribution in [0.4, 0.5) is 0 Å². The van der Waals surface area contributed by atoms with Crippen molar-refractivity contribution in [1.82, 2.24) is 0 Å². The topological polar surface area (TPSA) is 65.0 Å². The summed E-state index contributed by atoms with van der Waals surface area (Å²) in [7, 11) is 0. The molecule has 5 nitrogen and oxygen atoms in total. The van der Waals surface area contributed by atoms with Gasteiger partial charge in [-0.2, -0.15) is 0 Å². The normalized spacial score (nSPS) is 42.0. The van der Waals surface area contributed by atoms with Gasteiger partial charge in [-0.25, -0.2) is 0 Å². The van der Waals surface area contributed by atoms with E-state index in [4.69, 9.17) is 9.57 Å². The number of ketones is 1. The van der Waals surface area contributed by atoms with E-state index in [9.17, 15) is 9.59 Å². The Bertz CT molecular complexity index is 1200. The second-order valence-electron chi connectivity index (χ2n) is 12.6. The van der Waals surface area contributed by atoms with Crippen LogP contribution in [0.15, 0.2) is 53.2 Å². The van der Waals surface area contributed by atoms with Gasteiger partial charge in [0.05, 0.1) is 11.6 Å².